The molecule has 2 aromatic heterocycles. The van der Waals surface area contributed by atoms with Crippen LogP contribution < -0.4 is 15.8 Å². The van der Waals surface area contributed by atoms with Gasteiger partial charge in [-0.1, -0.05) is 44.2 Å². The molecule has 0 fully saturated rings. The van der Waals surface area contributed by atoms with Crippen molar-refractivity contribution in [1.29, 1.82) is 0 Å². The van der Waals surface area contributed by atoms with Gasteiger partial charge < -0.3 is 10.1 Å². The quantitative estimate of drug-likeness (QED) is 0.443. The third kappa shape index (κ3) is 6.27. The van der Waals surface area contributed by atoms with Crippen LogP contribution in [0.25, 0.3) is 11.2 Å². The first-order valence-corrected chi connectivity index (χ1v) is 12.3. The zero-order chi connectivity index (χ0) is 26.5. The smallest absolute Gasteiger partial charge is 0.308 e. The summed E-state index contributed by atoms with van der Waals surface area (Å²) in [6.07, 6.45) is 1.06. The van der Waals surface area contributed by atoms with E-state index in [-0.39, 0.29) is 42.3 Å². The Bertz CT molecular complexity index is 1280. The zero-order valence-electron chi connectivity index (χ0n) is 21.9. The van der Waals surface area contributed by atoms with Gasteiger partial charge >= 0.3 is 5.97 Å². The van der Waals surface area contributed by atoms with Crippen molar-refractivity contribution in [3.8, 4) is 0 Å². The number of carbonyl (C=O) groups excluding carboxylic acids is 2. The molecular formula is C27H35N5O4. The van der Waals surface area contributed by atoms with Crippen molar-refractivity contribution in [2.24, 2.45) is 0 Å². The molecule has 2 heterocycles. The van der Waals surface area contributed by atoms with E-state index < -0.39 is 5.60 Å². The summed E-state index contributed by atoms with van der Waals surface area (Å²) >= 11 is 0. The fourth-order valence-electron chi connectivity index (χ4n) is 3.95. The van der Waals surface area contributed by atoms with Crippen molar-refractivity contribution in [3.05, 3.63) is 58.4 Å². The minimum Gasteiger partial charge on any atom is -0.460 e. The maximum Gasteiger partial charge on any atom is 0.308 e. The summed E-state index contributed by atoms with van der Waals surface area (Å²) in [5.74, 6) is 0.131. The number of ether oxygens (including phenoxy) is 1. The molecule has 0 unspecified atom stereocenters. The lowest BCUT2D eigenvalue weighted by molar-refractivity contribution is -0.154. The average molecular weight is 494 g/mol. The second-order valence-corrected chi connectivity index (χ2v) is 9.55. The summed E-state index contributed by atoms with van der Waals surface area (Å²) in [5, 5.41) is 3.02. The van der Waals surface area contributed by atoms with Crippen LogP contribution >= 0.6 is 0 Å². The molecule has 0 spiro atoms. The van der Waals surface area contributed by atoms with Crippen molar-refractivity contribution < 1.29 is 14.3 Å². The van der Waals surface area contributed by atoms with E-state index in [9.17, 15) is 14.4 Å². The van der Waals surface area contributed by atoms with Crippen LogP contribution in [0.4, 0.5) is 11.6 Å². The minimum absolute atomic E-state index is 0.0840. The number of rotatable bonds is 9. The molecule has 0 aliphatic carbocycles. The number of carbonyl (C=O) groups is 2. The summed E-state index contributed by atoms with van der Waals surface area (Å²) in [7, 11) is 1.66. The Hall–Kier alpha value is -3.75. The van der Waals surface area contributed by atoms with Crippen LogP contribution in [0.3, 0.4) is 0 Å². The highest BCUT2D eigenvalue weighted by Crippen LogP contribution is 2.26. The molecule has 9 nitrogen and oxygen atoms in total. The van der Waals surface area contributed by atoms with E-state index in [4.69, 9.17) is 9.72 Å². The lowest BCUT2D eigenvalue weighted by Crippen LogP contribution is -2.31. The minimum atomic E-state index is -0.579. The number of esters is 1. The van der Waals surface area contributed by atoms with E-state index in [0.29, 0.717) is 29.8 Å². The zero-order valence-corrected chi connectivity index (χ0v) is 21.9. The Morgan fingerprint density at radius 3 is 2.39 bits per heavy atom. The maximum atomic E-state index is 13.7. The van der Waals surface area contributed by atoms with Gasteiger partial charge in [0, 0.05) is 20.0 Å². The Kier molecular flexibility index (Phi) is 8.45. The Morgan fingerprint density at radius 1 is 1.08 bits per heavy atom. The number of hydrogen-bond acceptors (Lipinski definition) is 7. The van der Waals surface area contributed by atoms with Crippen molar-refractivity contribution in [2.45, 2.75) is 65.5 Å². The topological polar surface area (TPSA) is 106 Å². The molecule has 1 atom stereocenters. The van der Waals surface area contributed by atoms with Gasteiger partial charge in [0.2, 0.25) is 5.91 Å². The van der Waals surface area contributed by atoms with Crippen LogP contribution in [0.15, 0.2) is 47.3 Å². The van der Waals surface area contributed by atoms with Crippen LogP contribution in [-0.2, 0) is 14.3 Å². The monoisotopic (exact) mass is 493 g/mol. The number of fused-ring (bicyclic) bond motifs is 1. The van der Waals surface area contributed by atoms with Crippen LogP contribution in [0.1, 0.15) is 65.5 Å². The first kappa shape index (κ1) is 26.8. The third-order valence-electron chi connectivity index (χ3n) is 5.67. The van der Waals surface area contributed by atoms with Crippen molar-refractivity contribution in [2.75, 3.05) is 23.8 Å². The standard InChI is InChI=1S/C27H35N5O4/c1-7-20(18-12-10-9-11-13-18)32-25-19(14-15-21(30-25)31(6)22(33)8-2)29-24(26(32)35)28-17-16-23(34)36-27(3,4)5/h9-15,20H,7-8,16-17H2,1-6H3,(H,28,29)/t20-/m0/s1. The molecule has 3 aromatic rings. The lowest BCUT2D eigenvalue weighted by Gasteiger charge is -2.23. The molecule has 3 rings (SSSR count). The summed E-state index contributed by atoms with van der Waals surface area (Å²) in [6.45, 7) is 9.41. The predicted molar refractivity (Wildman–Crippen MR) is 141 cm³/mol. The molecule has 1 N–H and O–H groups in total. The number of pyridine rings is 1. The first-order chi connectivity index (χ1) is 17.1. The Morgan fingerprint density at radius 2 is 1.78 bits per heavy atom. The molecule has 36 heavy (non-hydrogen) atoms. The number of nitrogens with one attached hydrogen (secondary N) is 1. The number of hydrogen-bond donors (Lipinski definition) is 1. The van der Waals surface area contributed by atoms with Gasteiger partial charge in [-0.05, 0) is 44.9 Å². The largest absolute Gasteiger partial charge is 0.460 e. The van der Waals surface area contributed by atoms with Crippen molar-refractivity contribution in [1.82, 2.24) is 14.5 Å². The molecule has 192 valence electrons. The highest BCUT2D eigenvalue weighted by molar-refractivity contribution is 5.92. The molecule has 1 amide bonds. The number of amides is 1. The summed E-state index contributed by atoms with van der Waals surface area (Å²) in [6, 6.07) is 12.9. The average Bonchev–Trinajstić information content (AvgIpc) is 2.84. The van der Waals surface area contributed by atoms with Crippen LogP contribution in [0, 0.1) is 0 Å². The second kappa shape index (κ2) is 11.3. The van der Waals surface area contributed by atoms with Gasteiger partial charge in [-0.25, -0.2) is 9.97 Å². The van der Waals surface area contributed by atoms with Gasteiger partial charge in [0.25, 0.3) is 5.56 Å². The fraction of sp³-hybridized carbons (Fsp3) is 0.444. The third-order valence-corrected chi connectivity index (χ3v) is 5.67. The number of nitrogens with zero attached hydrogens (tertiary/aromatic N) is 4. The van der Waals surface area contributed by atoms with Crippen LogP contribution in [-0.4, -0.2) is 45.6 Å². The molecule has 0 saturated heterocycles. The summed E-state index contributed by atoms with van der Waals surface area (Å²) < 4.78 is 6.98. The maximum absolute atomic E-state index is 13.7. The lowest BCUT2D eigenvalue weighted by atomic mass is 10.0. The van der Waals surface area contributed by atoms with Crippen molar-refractivity contribution >= 4 is 34.7 Å². The van der Waals surface area contributed by atoms with E-state index in [1.54, 1.807) is 30.7 Å². The molecule has 0 bridgehead atoms. The first-order valence-electron chi connectivity index (χ1n) is 12.3. The number of benzene rings is 1. The molecule has 9 heteroatoms. The van der Waals surface area contributed by atoms with Gasteiger partial charge in [0.05, 0.1) is 12.5 Å². The summed E-state index contributed by atoms with van der Waals surface area (Å²) in [5.41, 5.74) is 0.924. The predicted octanol–water partition coefficient (Wildman–Crippen LogP) is 4.31. The molecular weight excluding hydrogens is 458 g/mol. The number of anilines is 2. The normalized spacial score (nSPS) is 12.3. The van der Waals surface area contributed by atoms with E-state index in [1.807, 2.05) is 58.0 Å². The van der Waals surface area contributed by atoms with Crippen LogP contribution in [0.5, 0.6) is 0 Å². The molecule has 0 aliphatic rings. The van der Waals surface area contributed by atoms with Crippen molar-refractivity contribution in [3.63, 3.8) is 0 Å². The molecule has 0 aliphatic heterocycles. The van der Waals surface area contributed by atoms with Gasteiger partial charge in [-0.15, -0.1) is 0 Å². The highest BCUT2D eigenvalue weighted by atomic mass is 16.6. The molecule has 0 radical (unpaired) electrons. The van der Waals surface area contributed by atoms with Crippen LogP contribution in [0.2, 0.25) is 0 Å². The van der Waals surface area contributed by atoms with E-state index in [1.165, 1.54) is 4.90 Å². The van der Waals surface area contributed by atoms with Gasteiger partial charge in [-0.3, -0.25) is 23.9 Å². The highest BCUT2D eigenvalue weighted by Gasteiger charge is 2.22. The fourth-order valence-corrected chi connectivity index (χ4v) is 3.95. The van der Waals surface area contributed by atoms with Gasteiger partial charge in [-0.2, -0.15) is 0 Å². The van der Waals surface area contributed by atoms with E-state index in [0.717, 1.165) is 5.56 Å². The SMILES string of the molecule is CCC(=O)N(C)c1ccc2nc(NCCC(=O)OC(C)(C)C)c(=O)n([C@@H](CC)c3ccccc3)c2n1. The number of aromatic nitrogens is 3. The Balaban J connectivity index is 2.08. The van der Waals surface area contributed by atoms with Gasteiger partial charge in [0.1, 0.15) is 16.9 Å². The molecule has 1 aromatic carbocycles. The second-order valence-electron chi connectivity index (χ2n) is 9.55. The van der Waals surface area contributed by atoms with E-state index >= 15 is 0 Å². The van der Waals surface area contributed by atoms with Gasteiger partial charge in [0.15, 0.2) is 11.5 Å². The van der Waals surface area contributed by atoms with E-state index in [2.05, 4.69) is 10.3 Å². The molecule has 0 saturated carbocycles. The Labute approximate surface area is 211 Å². The summed E-state index contributed by atoms with van der Waals surface area (Å²) in [4.78, 5) is 48.8.